The molecule has 0 radical (unpaired) electrons. The Hall–Kier alpha value is -0.820. The lowest BCUT2D eigenvalue weighted by Gasteiger charge is -2.29. The molecule has 0 heterocycles. The molecule has 1 rings (SSSR count). The second-order valence-electron chi connectivity index (χ2n) is 3.63. The highest BCUT2D eigenvalue weighted by atomic mass is 16.3. The van der Waals surface area contributed by atoms with Crippen LogP contribution in [0, 0.1) is 5.92 Å². The average Bonchev–Trinajstić information content (AvgIpc) is 2.12. The summed E-state index contributed by atoms with van der Waals surface area (Å²) in [6.45, 7) is 7.76. The fourth-order valence-corrected chi connectivity index (χ4v) is 1.86. The lowest BCUT2D eigenvalue weighted by Crippen LogP contribution is -2.26. The maximum absolute atomic E-state index is 9.89. The van der Waals surface area contributed by atoms with Crippen molar-refractivity contribution >= 4 is 0 Å². The van der Waals surface area contributed by atoms with E-state index in [4.69, 9.17) is 0 Å². The smallest absolute Gasteiger partial charge is 0.0815 e. The van der Waals surface area contributed by atoms with Crippen molar-refractivity contribution in [3.05, 3.63) is 36.0 Å². The van der Waals surface area contributed by atoms with Crippen molar-refractivity contribution in [2.24, 2.45) is 5.92 Å². The number of rotatable bonds is 1. The molecule has 1 unspecified atom stereocenters. The van der Waals surface area contributed by atoms with Gasteiger partial charge >= 0.3 is 0 Å². The fraction of sp³-hybridized carbons (Fsp3) is 0.500. The summed E-state index contributed by atoms with van der Waals surface area (Å²) in [5.74, 6) is 0.383. The molecule has 0 bridgehead atoms. The van der Waals surface area contributed by atoms with Crippen LogP contribution < -0.4 is 0 Å². The number of aliphatic hydroxyl groups is 1. The molecule has 0 aromatic heterocycles. The van der Waals surface area contributed by atoms with Crippen LogP contribution in [0.25, 0.3) is 0 Å². The maximum atomic E-state index is 9.89. The van der Waals surface area contributed by atoms with E-state index in [2.05, 4.69) is 13.5 Å². The minimum Gasteiger partial charge on any atom is -0.388 e. The molecule has 0 spiro atoms. The molecule has 0 aromatic carbocycles. The first-order valence-corrected chi connectivity index (χ1v) is 4.87. The van der Waals surface area contributed by atoms with E-state index in [-0.39, 0.29) is 6.10 Å². The second kappa shape index (κ2) is 4.43. The van der Waals surface area contributed by atoms with Crippen LogP contribution in [0.5, 0.6) is 0 Å². The van der Waals surface area contributed by atoms with Gasteiger partial charge in [0.2, 0.25) is 0 Å². The molecule has 0 aliphatic heterocycles. The highest BCUT2D eigenvalue weighted by Gasteiger charge is 2.25. The standard InChI is InChI=1S/C12H18O/c1-4-6-10-8-7-9(3)12(13)11(10)5-2/h4-6,9,12-13H,1,7-8H2,2-3H3/b10-6-,11-5+/t9-,12?/m0/s1. The topological polar surface area (TPSA) is 20.2 Å². The molecule has 72 valence electrons. The number of allylic oxidation sites excluding steroid dienone is 3. The van der Waals surface area contributed by atoms with Gasteiger partial charge in [0.15, 0.2) is 0 Å². The Labute approximate surface area is 80.5 Å². The highest BCUT2D eigenvalue weighted by Crippen LogP contribution is 2.32. The van der Waals surface area contributed by atoms with Gasteiger partial charge in [-0.1, -0.05) is 31.7 Å². The Morgan fingerprint density at radius 3 is 2.77 bits per heavy atom. The van der Waals surface area contributed by atoms with Crippen molar-refractivity contribution in [3.8, 4) is 0 Å². The van der Waals surface area contributed by atoms with Gasteiger partial charge in [-0.05, 0) is 36.8 Å². The van der Waals surface area contributed by atoms with Crippen molar-refractivity contribution in [2.45, 2.75) is 32.8 Å². The van der Waals surface area contributed by atoms with Gasteiger partial charge in [-0.2, -0.15) is 0 Å². The molecular weight excluding hydrogens is 160 g/mol. The zero-order chi connectivity index (χ0) is 9.84. The molecule has 2 atom stereocenters. The van der Waals surface area contributed by atoms with E-state index >= 15 is 0 Å². The van der Waals surface area contributed by atoms with Gasteiger partial charge in [0, 0.05) is 0 Å². The van der Waals surface area contributed by atoms with Gasteiger partial charge in [-0.15, -0.1) is 0 Å². The van der Waals surface area contributed by atoms with Crippen molar-refractivity contribution in [1.82, 2.24) is 0 Å². The normalized spacial score (nSPS) is 35.3. The van der Waals surface area contributed by atoms with E-state index in [1.807, 2.05) is 19.1 Å². The first-order valence-electron chi connectivity index (χ1n) is 4.87. The fourth-order valence-electron chi connectivity index (χ4n) is 1.86. The summed E-state index contributed by atoms with van der Waals surface area (Å²) in [5, 5.41) is 9.89. The third-order valence-electron chi connectivity index (χ3n) is 2.73. The number of hydrogen-bond acceptors (Lipinski definition) is 1. The molecule has 0 aromatic rings. The van der Waals surface area contributed by atoms with Crippen LogP contribution in [0.3, 0.4) is 0 Å². The highest BCUT2D eigenvalue weighted by molar-refractivity contribution is 5.38. The first-order chi connectivity index (χ1) is 6.20. The zero-order valence-electron chi connectivity index (χ0n) is 8.46. The molecule has 1 aliphatic carbocycles. The Bertz CT molecular complexity index is 248. The molecule has 1 N–H and O–H groups in total. The summed E-state index contributed by atoms with van der Waals surface area (Å²) < 4.78 is 0. The van der Waals surface area contributed by atoms with E-state index in [9.17, 15) is 5.11 Å². The summed E-state index contributed by atoms with van der Waals surface area (Å²) in [7, 11) is 0. The molecule has 1 nitrogen and oxygen atoms in total. The van der Waals surface area contributed by atoms with Gasteiger partial charge in [-0.25, -0.2) is 0 Å². The molecule has 0 saturated heterocycles. The minimum atomic E-state index is -0.287. The largest absolute Gasteiger partial charge is 0.388 e. The van der Waals surface area contributed by atoms with Crippen LogP contribution in [0.15, 0.2) is 36.0 Å². The predicted molar refractivity (Wildman–Crippen MR) is 56.4 cm³/mol. The van der Waals surface area contributed by atoms with Crippen LogP contribution in [0.1, 0.15) is 26.7 Å². The number of hydrogen-bond donors (Lipinski definition) is 1. The SMILES string of the molecule is C=C/C=C1/CC[C@H](C)C(O)/C1=C/C. The van der Waals surface area contributed by atoms with Crippen molar-refractivity contribution in [3.63, 3.8) is 0 Å². The first kappa shape index (κ1) is 10.3. The van der Waals surface area contributed by atoms with E-state index in [1.165, 1.54) is 5.57 Å². The summed E-state index contributed by atoms with van der Waals surface area (Å²) >= 11 is 0. The van der Waals surface area contributed by atoms with Crippen LogP contribution in [-0.2, 0) is 0 Å². The minimum absolute atomic E-state index is 0.287. The lowest BCUT2D eigenvalue weighted by molar-refractivity contribution is 0.137. The molecular formula is C12H18O. The lowest BCUT2D eigenvalue weighted by atomic mass is 9.80. The summed E-state index contributed by atoms with van der Waals surface area (Å²) in [6, 6.07) is 0. The molecule has 13 heavy (non-hydrogen) atoms. The van der Waals surface area contributed by atoms with Crippen molar-refractivity contribution in [2.75, 3.05) is 0 Å². The van der Waals surface area contributed by atoms with Gasteiger partial charge in [0.1, 0.15) is 0 Å². The third kappa shape index (κ3) is 2.10. The van der Waals surface area contributed by atoms with Crippen molar-refractivity contribution < 1.29 is 5.11 Å². The maximum Gasteiger partial charge on any atom is 0.0815 e. The second-order valence-corrected chi connectivity index (χ2v) is 3.63. The van der Waals surface area contributed by atoms with Crippen LogP contribution in [-0.4, -0.2) is 11.2 Å². The van der Waals surface area contributed by atoms with Gasteiger partial charge < -0.3 is 5.11 Å². The summed E-state index contributed by atoms with van der Waals surface area (Å²) in [6.07, 6.45) is 7.65. The molecule has 1 heteroatoms. The molecule has 1 fully saturated rings. The van der Waals surface area contributed by atoms with E-state index in [1.54, 1.807) is 6.08 Å². The van der Waals surface area contributed by atoms with Crippen LogP contribution >= 0.6 is 0 Å². The Kier molecular flexibility index (Phi) is 3.49. The quantitative estimate of drug-likeness (QED) is 0.654. The Balaban J connectivity index is 2.91. The Morgan fingerprint density at radius 2 is 2.23 bits per heavy atom. The van der Waals surface area contributed by atoms with E-state index in [0.29, 0.717) is 5.92 Å². The number of aliphatic hydroxyl groups excluding tert-OH is 1. The zero-order valence-corrected chi connectivity index (χ0v) is 8.46. The average molecular weight is 178 g/mol. The molecule has 0 amide bonds. The van der Waals surface area contributed by atoms with Crippen LogP contribution in [0.2, 0.25) is 0 Å². The monoisotopic (exact) mass is 178 g/mol. The summed E-state index contributed by atoms with van der Waals surface area (Å²) in [4.78, 5) is 0. The van der Waals surface area contributed by atoms with E-state index < -0.39 is 0 Å². The van der Waals surface area contributed by atoms with Crippen LogP contribution in [0.4, 0.5) is 0 Å². The van der Waals surface area contributed by atoms with Crippen molar-refractivity contribution in [1.29, 1.82) is 0 Å². The third-order valence-corrected chi connectivity index (χ3v) is 2.73. The van der Waals surface area contributed by atoms with Gasteiger partial charge in [0.25, 0.3) is 0 Å². The predicted octanol–water partition coefficient (Wildman–Crippen LogP) is 2.84. The van der Waals surface area contributed by atoms with Gasteiger partial charge in [0.05, 0.1) is 6.10 Å². The van der Waals surface area contributed by atoms with E-state index in [0.717, 1.165) is 18.4 Å². The molecule has 1 saturated carbocycles. The molecule has 1 aliphatic rings. The van der Waals surface area contributed by atoms with Gasteiger partial charge in [-0.3, -0.25) is 0 Å². The summed E-state index contributed by atoms with van der Waals surface area (Å²) in [5.41, 5.74) is 2.32. The Morgan fingerprint density at radius 1 is 1.54 bits per heavy atom.